The molecule has 0 spiro atoms. The Morgan fingerprint density at radius 3 is 2.82 bits per heavy atom. The topological polar surface area (TPSA) is 128 Å². The summed E-state index contributed by atoms with van der Waals surface area (Å²) >= 11 is 0. The van der Waals surface area contributed by atoms with Crippen LogP contribution in [0, 0.1) is 0 Å². The van der Waals surface area contributed by atoms with E-state index in [0.29, 0.717) is 42.1 Å². The number of amides is 1. The molecule has 11 nitrogen and oxygen atoms in total. The van der Waals surface area contributed by atoms with Crippen LogP contribution in [0.15, 0.2) is 41.7 Å². The molecule has 1 N–H and O–H groups in total. The van der Waals surface area contributed by atoms with E-state index in [4.69, 9.17) is 9.47 Å². The number of sulfonamides is 1. The first-order valence-corrected chi connectivity index (χ1v) is 12.3. The molecule has 180 valence electrons. The molecule has 1 aromatic carbocycles. The molecule has 0 radical (unpaired) electrons. The quantitative estimate of drug-likeness (QED) is 0.472. The van der Waals surface area contributed by atoms with Crippen LogP contribution in [0.5, 0.6) is 11.5 Å². The van der Waals surface area contributed by atoms with E-state index < -0.39 is 15.9 Å². The van der Waals surface area contributed by atoms with Gasteiger partial charge in [-0.15, -0.1) is 0 Å². The summed E-state index contributed by atoms with van der Waals surface area (Å²) in [6, 6.07) is 6.94. The molecule has 0 atom stereocenters. The van der Waals surface area contributed by atoms with Crippen LogP contribution in [0.25, 0.3) is 10.9 Å². The maximum absolute atomic E-state index is 12.7. The summed E-state index contributed by atoms with van der Waals surface area (Å²) in [5, 5.41) is 4.11. The van der Waals surface area contributed by atoms with Crippen LogP contribution in [0.2, 0.25) is 0 Å². The number of rotatable bonds is 8. The van der Waals surface area contributed by atoms with Gasteiger partial charge in [0.15, 0.2) is 11.5 Å². The molecule has 0 aliphatic carbocycles. The highest BCUT2D eigenvalue weighted by Gasteiger charge is 2.21. The Labute approximate surface area is 197 Å². The van der Waals surface area contributed by atoms with Gasteiger partial charge in [0.05, 0.1) is 25.0 Å². The van der Waals surface area contributed by atoms with Gasteiger partial charge in [0.1, 0.15) is 11.3 Å². The van der Waals surface area contributed by atoms with Gasteiger partial charge in [0.2, 0.25) is 15.6 Å². The van der Waals surface area contributed by atoms with E-state index in [1.54, 1.807) is 24.4 Å². The lowest BCUT2D eigenvalue weighted by molar-refractivity contribution is 0.0996. The van der Waals surface area contributed by atoms with Crippen molar-refractivity contribution in [2.75, 3.05) is 45.4 Å². The first-order valence-electron chi connectivity index (χ1n) is 10.7. The van der Waals surface area contributed by atoms with Crippen molar-refractivity contribution >= 4 is 32.7 Å². The molecule has 0 bridgehead atoms. The van der Waals surface area contributed by atoms with Gasteiger partial charge in [-0.25, -0.2) is 17.7 Å². The molecular formula is C22H26N6O5S. The molecule has 3 aromatic rings. The third kappa shape index (κ3) is 4.73. The summed E-state index contributed by atoms with van der Waals surface area (Å²) in [6.45, 7) is 1.47. The van der Waals surface area contributed by atoms with Gasteiger partial charge in [0, 0.05) is 45.0 Å². The van der Waals surface area contributed by atoms with Crippen molar-refractivity contribution in [1.29, 1.82) is 0 Å². The third-order valence-electron chi connectivity index (χ3n) is 5.38. The van der Waals surface area contributed by atoms with E-state index in [0.717, 1.165) is 11.2 Å². The first kappa shape index (κ1) is 23.6. The molecule has 1 aliphatic heterocycles. The second-order valence-corrected chi connectivity index (χ2v) is 10.1. The number of carbonyl (C=O) groups is 1. The number of hydrogen-bond donors (Lipinski definition) is 1. The second-order valence-electron chi connectivity index (χ2n) is 7.79. The van der Waals surface area contributed by atoms with Crippen molar-refractivity contribution in [3.05, 3.63) is 47.8 Å². The Morgan fingerprint density at radius 2 is 2.12 bits per heavy atom. The summed E-state index contributed by atoms with van der Waals surface area (Å²) in [5.41, 5.74) is 1.09. The molecule has 0 saturated carbocycles. The molecule has 1 amide bonds. The maximum Gasteiger partial charge on any atom is 0.281 e. The molecule has 34 heavy (non-hydrogen) atoms. The molecule has 4 rings (SSSR count). The van der Waals surface area contributed by atoms with E-state index in [1.807, 2.05) is 10.6 Å². The van der Waals surface area contributed by atoms with Crippen molar-refractivity contribution < 1.29 is 22.7 Å². The highest BCUT2D eigenvalue weighted by molar-refractivity contribution is 7.89. The minimum absolute atomic E-state index is 0.0261. The number of fused-ring (bicyclic) bond motifs is 3. The fourth-order valence-electron chi connectivity index (χ4n) is 3.60. The minimum Gasteiger partial charge on any atom is -0.491 e. The normalized spacial score (nSPS) is 13.7. The maximum atomic E-state index is 12.7. The van der Waals surface area contributed by atoms with Crippen LogP contribution in [0.1, 0.15) is 16.8 Å². The average Bonchev–Trinajstić information content (AvgIpc) is 3.32. The van der Waals surface area contributed by atoms with Gasteiger partial charge in [-0.1, -0.05) is 0 Å². The molecule has 3 heterocycles. The van der Waals surface area contributed by atoms with Crippen molar-refractivity contribution in [3.8, 4) is 11.5 Å². The van der Waals surface area contributed by atoms with Gasteiger partial charge in [-0.3, -0.25) is 14.3 Å². The van der Waals surface area contributed by atoms with E-state index in [1.165, 1.54) is 31.7 Å². The Morgan fingerprint density at radius 1 is 1.29 bits per heavy atom. The molecule has 12 heteroatoms. The number of hydrogen-bond acceptors (Lipinski definition) is 8. The van der Waals surface area contributed by atoms with Crippen LogP contribution in [0.4, 0.5) is 5.82 Å². The molecular weight excluding hydrogens is 460 g/mol. The molecule has 2 aromatic heterocycles. The van der Waals surface area contributed by atoms with Gasteiger partial charge in [-0.2, -0.15) is 4.99 Å². The number of benzene rings is 1. The summed E-state index contributed by atoms with van der Waals surface area (Å²) in [7, 11) is 1.21. The van der Waals surface area contributed by atoms with E-state index in [2.05, 4.69) is 20.3 Å². The van der Waals surface area contributed by atoms with Gasteiger partial charge in [-0.05, 0) is 30.7 Å². The fraction of sp³-hybridized carbons (Fsp3) is 0.364. The van der Waals surface area contributed by atoms with Crippen LogP contribution in [-0.4, -0.2) is 73.3 Å². The number of aromatic nitrogens is 3. The predicted octanol–water partition coefficient (Wildman–Crippen LogP) is 1.27. The van der Waals surface area contributed by atoms with E-state index >= 15 is 0 Å². The number of nitrogens with one attached hydrogen (secondary N) is 1. The number of methoxy groups -OCH3 is 1. The predicted molar refractivity (Wildman–Crippen MR) is 126 cm³/mol. The number of nitrogens with zero attached hydrogens (tertiary/aromatic N) is 5. The number of carbonyl (C=O) groups excluding carboxylic acids is 1. The Balaban J connectivity index is 1.70. The highest BCUT2D eigenvalue weighted by Crippen LogP contribution is 2.37. The summed E-state index contributed by atoms with van der Waals surface area (Å²) in [4.78, 5) is 25.5. The lowest BCUT2D eigenvalue weighted by Crippen LogP contribution is -2.26. The van der Waals surface area contributed by atoms with Crippen molar-refractivity contribution in [3.63, 3.8) is 0 Å². The monoisotopic (exact) mass is 486 g/mol. The molecule has 0 unspecified atom stereocenters. The standard InChI is InChI=1S/C22H26N6O5S/c1-27(2)34(30,31)13-5-12-33-17-8-7-16-18(19(17)32-3)25-22(28-11-10-24-20(16)28)26-21(29)15-6-4-9-23-14-15/h4,6-9,14,24H,5,10-13H2,1-3H3. The number of ether oxygens (including phenoxy) is 2. The smallest absolute Gasteiger partial charge is 0.281 e. The van der Waals surface area contributed by atoms with Crippen molar-refractivity contribution in [2.45, 2.75) is 13.0 Å². The van der Waals surface area contributed by atoms with E-state index in [-0.39, 0.29) is 18.0 Å². The van der Waals surface area contributed by atoms with Crippen molar-refractivity contribution in [1.82, 2.24) is 18.8 Å². The zero-order valence-corrected chi connectivity index (χ0v) is 20.0. The Kier molecular flexibility index (Phi) is 6.80. The largest absolute Gasteiger partial charge is 0.491 e. The van der Waals surface area contributed by atoms with Gasteiger partial charge < -0.3 is 14.8 Å². The van der Waals surface area contributed by atoms with Crippen LogP contribution in [0.3, 0.4) is 0 Å². The first-order chi connectivity index (χ1) is 16.3. The average molecular weight is 487 g/mol. The number of anilines is 1. The van der Waals surface area contributed by atoms with Gasteiger partial charge >= 0.3 is 0 Å². The van der Waals surface area contributed by atoms with Crippen LogP contribution < -0.4 is 20.4 Å². The van der Waals surface area contributed by atoms with Gasteiger partial charge in [0.25, 0.3) is 5.91 Å². The van der Waals surface area contributed by atoms with Crippen LogP contribution in [-0.2, 0) is 16.6 Å². The highest BCUT2D eigenvalue weighted by atomic mass is 32.2. The molecule has 0 fully saturated rings. The third-order valence-corrected chi connectivity index (χ3v) is 7.29. The van der Waals surface area contributed by atoms with Crippen LogP contribution >= 0.6 is 0 Å². The lowest BCUT2D eigenvalue weighted by atomic mass is 10.2. The minimum atomic E-state index is -3.30. The Bertz CT molecular complexity index is 1390. The fourth-order valence-corrected chi connectivity index (χ4v) is 4.44. The van der Waals surface area contributed by atoms with Crippen molar-refractivity contribution in [2.24, 2.45) is 4.99 Å². The SMILES string of the molecule is COc1c(OCCCS(=O)(=O)N(C)C)ccc2c3n(c(=NC(=O)c4cccnc4)nc12)CCN3. The molecule has 1 aliphatic rings. The second kappa shape index (κ2) is 9.77. The van der Waals surface area contributed by atoms with E-state index in [9.17, 15) is 13.2 Å². The summed E-state index contributed by atoms with van der Waals surface area (Å²) in [6.07, 6.45) is 3.36. The summed E-state index contributed by atoms with van der Waals surface area (Å²) < 4.78 is 38.4. The summed E-state index contributed by atoms with van der Waals surface area (Å²) in [5.74, 6) is 1.12. The lowest BCUT2D eigenvalue weighted by Gasteiger charge is -2.15. The Hall–Kier alpha value is -3.51. The zero-order valence-electron chi connectivity index (χ0n) is 19.2. The zero-order chi connectivity index (χ0) is 24.3. The molecule has 0 saturated heterocycles. The number of pyridine rings is 1.